The molecule has 1 aromatic heterocycles. The van der Waals surface area contributed by atoms with E-state index in [9.17, 15) is 5.11 Å². The summed E-state index contributed by atoms with van der Waals surface area (Å²) in [7, 11) is 0.606. The van der Waals surface area contributed by atoms with Gasteiger partial charge in [-0.2, -0.15) is 0 Å². The molecule has 1 N–H and O–H groups in total. The Hall–Kier alpha value is -1.05. The molecule has 16 heavy (non-hydrogen) atoms. The van der Waals surface area contributed by atoms with Crippen LogP contribution in [0, 0.1) is 11.5 Å². The van der Waals surface area contributed by atoms with Gasteiger partial charge in [0.1, 0.15) is 19.6 Å². The highest BCUT2D eigenvalue weighted by molar-refractivity contribution is 6.83. The molecule has 1 heterocycles. The average molecular weight is 236 g/mol. The van der Waals surface area contributed by atoms with Crippen LogP contribution in [0.3, 0.4) is 0 Å². The van der Waals surface area contributed by atoms with Crippen LogP contribution < -0.4 is 0 Å². The number of aliphatic hydroxyl groups is 1. The smallest absolute Gasteiger partial charge is 0.129 e. The Labute approximate surface area is 98.5 Å². The van der Waals surface area contributed by atoms with Gasteiger partial charge in [0.15, 0.2) is 0 Å². The monoisotopic (exact) mass is 236 g/mol. The Morgan fingerprint density at radius 3 is 2.62 bits per heavy atom. The van der Waals surface area contributed by atoms with E-state index in [2.05, 4.69) is 36.1 Å². The lowest BCUT2D eigenvalue weighted by Gasteiger charge is -2.05. The maximum absolute atomic E-state index is 9.32. The minimum absolute atomic E-state index is 0.362. The van der Waals surface area contributed by atoms with E-state index in [1.165, 1.54) is 0 Å². The summed E-state index contributed by atoms with van der Waals surface area (Å²) < 4.78 is 1.96. The van der Waals surface area contributed by atoms with E-state index in [-0.39, 0.29) is 6.10 Å². The summed E-state index contributed by atoms with van der Waals surface area (Å²) in [5.74, 6) is 4.06. The number of rotatable bonds is 2. The van der Waals surface area contributed by atoms with Crippen LogP contribution in [0.15, 0.2) is 6.20 Å². The summed E-state index contributed by atoms with van der Waals surface area (Å²) >= 11 is 0. The van der Waals surface area contributed by atoms with Crippen LogP contribution in [0.5, 0.6) is 0 Å². The van der Waals surface area contributed by atoms with Gasteiger partial charge in [0.05, 0.1) is 12.3 Å². The van der Waals surface area contributed by atoms with E-state index in [0.717, 1.165) is 11.5 Å². The van der Waals surface area contributed by atoms with E-state index in [1.54, 1.807) is 13.1 Å². The molecule has 1 aromatic rings. The summed E-state index contributed by atoms with van der Waals surface area (Å²) in [6.07, 6.45) is 1.99. The fourth-order valence-corrected chi connectivity index (χ4v) is 1.77. The van der Waals surface area contributed by atoms with Gasteiger partial charge < -0.3 is 9.67 Å². The average Bonchev–Trinajstić information content (AvgIpc) is 2.43. The molecule has 0 saturated carbocycles. The summed E-state index contributed by atoms with van der Waals surface area (Å²) in [5.41, 5.74) is 4.24. The summed E-state index contributed by atoms with van der Waals surface area (Å²) in [4.78, 5) is 4.27. The predicted molar refractivity (Wildman–Crippen MR) is 68.8 cm³/mol. The lowest BCUT2D eigenvalue weighted by atomic mass is 10.3. The van der Waals surface area contributed by atoms with Crippen LogP contribution in [0.1, 0.15) is 18.4 Å². The van der Waals surface area contributed by atoms with Gasteiger partial charge in [0.25, 0.3) is 0 Å². The summed E-state index contributed by atoms with van der Waals surface area (Å²) in [5, 5.41) is 9.32. The minimum Gasteiger partial charge on any atom is -0.393 e. The number of aromatic nitrogens is 2. The summed E-state index contributed by atoms with van der Waals surface area (Å²) in [6, 6.07) is 0. The van der Waals surface area contributed by atoms with Crippen LogP contribution in [0.25, 0.3) is 0 Å². The zero-order chi connectivity index (χ0) is 12.3. The third kappa shape index (κ3) is 3.84. The molecule has 0 amide bonds. The Morgan fingerprint density at radius 1 is 1.50 bits per heavy atom. The molecule has 0 saturated heterocycles. The van der Waals surface area contributed by atoms with Crippen LogP contribution in [-0.4, -0.2) is 28.8 Å². The first-order chi connectivity index (χ1) is 7.29. The van der Waals surface area contributed by atoms with E-state index in [0.29, 0.717) is 6.42 Å². The minimum atomic E-state index is -1.34. The molecule has 3 nitrogen and oxygen atoms in total. The van der Waals surface area contributed by atoms with Crippen molar-refractivity contribution in [3.63, 3.8) is 0 Å². The Morgan fingerprint density at radius 2 is 2.12 bits per heavy atom. The molecule has 0 radical (unpaired) electrons. The molecule has 4 heteroatoms. The van der Waals surface area contributed by atoms with Crippen LogP contribution in [0.2, 0.25) is 19.6 Å². The Bertz CT molecular complexity index is 418. The predicted octanol–water partition coefficient (Wildman–Crippen LogP) is 1.57. The topological polar surface area (TPSA) is 38.1 Å². The van der Waals surface area contributed by atoms with Crippen molar-refractivity contribution in [2.24, 2.45) is 7.05 Å². The van der Waals surface area contributed by atoms with Crippen molar-refractivity contribution in [3.05, 3.63) is 17.7 Å². The van der Waals surface area contributed by atoms with Gasteiger partial charge in [0.2, 0.25) is 0 Å². The maximum atomic E-state index is 9.32. The Balaban J connectivity index is 2.91. The third-order valence-electron chi connectivity index (χ3n) is 2.13. The van der Waals surface area contributed by atoms with Gasteiger partial charge in [-0.25, -0.2) is 4.98 Å². The van der Waals surface area contributed by atoms with Crippen molar-refractivity contribution in [2.75, 3.05) is 0 Å². The van der Waals surface area contributed by atoms with Crippen molar-refractivity contribution >= 4 is 8.07 Å². The van der Waals surface area contributed by atoms with Crippen molar-refractivity contribution in [1.82, 2.24) is 9.55 Å². The van der Waals surface area contributed by atoms with Crippen molar-refractivity contribution in [2.45, 2.75) is 39.1 Å². The van der Waals surface area contributed by atoms with E-state index in [1.807, 2.05) is 11.6 Å². The summed E-state index contributed by atoms with van der Waals surface area (Å²) in [6.45, 7) is 8.41. The molecule has 0 aliphatic rings. The molecule has 1 atom stereocenters. The van der Waals surface area contributed by atoms with Gasteiger partial charge in [-0.1, -0.05) is 25.6 Å². The first kappa shape index (κ1) is 13.0. The Kier molecular flexibility index (Phi) is 3.95. The number of hydrogen-bond acceptors (Lipinski definition) is 2. The molecule has 88 valence electrons. The molecule has 0 fully saturated rings. The van der Waals surface area contributed by atoms with Gasteiger partial charge >= 0.3 is 0 Å². The van der Waals surface area contributed by atoms with Gasteiger partial charge in [0, 0.05) is 13.5 Å². The second-order valence-electron chi connectivity index (χ2n) is 5.17. The number of imidazole rings is 1. The molecule has 0 aromatic carbocycles. The third-order valence-corrected chi connectivity index (χ3v) is 3.00. The molecule has 1 unspecified atom stereocenters. The van der Waals surface area contributed by atoms with Crippen LogP contribution in [0.4, 0.5) is 0 Å². The zero-order valence-corrected chi connectivity index (χ0v) is 11.7. The van der Waals surface area contributed by atoms with Crippen molar-refractivity contribution in [3.8, 4) is 11.5 Å². The quantitative estimate of drug-likeness (QED) is 0.625. The first-order valence-corrected chi connectivity index (χ1v) is 9.01. The zero-order valence-electron chi connectivity index (χ0n) is 10.7. The highest BCUT2D eigenvalue weighted by Gasteiger charge is 2.10. The lowest BCUT2D eigenvalue weighted by Crippen LogP contribution is -2.16. The van der Waals surface area contributed by atoms with Crippen LogP contribution in [-0.2, 0) is 13.5 Å². The molecule has 0 bridgehead atoms. The standard InChI is InChI=1S/C12H20N2OSi/c1-10(15)8-12-13-9-11(14(12)2)6-7-16(3,4)5/h9-10,15H,8H2,1-5H3. The fourth-order valence-electron chi connectivity index (χ4n) is 1.27. The molecule has 1 rings (SSSR count). The second kappa shape index (κ2) is 4.85. The van der Waals surface area contributed by atoms with E-state index in [4.69, 9.17) is 0 Å². The first-order valence-electron chi connectivity index (χ1n) is 5.51. The number of nitrogens with zero attached hydrogens (tertiary/aromatic N) is 2. The molecular formula is C12H20N2OSi. The second-order valence-corrected chi connectivity index (χ2v) is 9.92. The largest absolute Gasteiger partial charge is 0.393 e. The van der Waals surface area contributed by atoms with E-state index >= 15 is 0 Å². The maximum Gasteiger partial charge on any atom is 0.129 e. The van der Waals surface area contributed by atoms with Crippen molar-refractivity contribution < 1.29 is 5.11 Å². The molecule has 0 aliphatic heterocycles. The molecule has 0 spiro atoms. The SMILES string of the molecule is CC(O)Cc1ncc(C#C[Si](C)(C)C)n1C. The van der Waals surface area contributed by atoms with Gasteiger partial charge in [-0.3, -0.25) is 0 Å². The van der Waals surface area contributed by atoms with Crippen LogP contribution >= 0.6 is 0 Å². The normalized spacial score (nSPS) is 13.1. The van der Waals surface area contributed by atoms with Gasteiger partial charge in [-0.05, 0) is 6.92 Å². The molecular weight excluding hydrogens is 216 g/mol. The lowest BCUT2D eigenvalue weighted by molar-refractivity contribution is 0.192. The highest BCUT2D eigenvalue weighted by Crippen LogP contribution is 2.05. The molecule has 0 aliphatic carbocycles. The van der Waals surface area contributed by atoms with E-state index < -0.39 is 8.07 Å². The highest BCUT2D eigenvalue weighted by atomic mass is 28.3. The number of hydrogen-bond donors (Lipinski definition) is 1. The number of aliphatic hydroxyl groups excluding tert-OH is 1. The van der Waals surface area contributed by atoms with Crippen molar-refractivity contribution in [1.29, 1.82) is 0 Å². The van der Waals surface area contributed by atoms with Gasteiger partial charge in [-0.15, -0.1) is 5.54 Å². The fraction of sp³-hybridized carbons (Fsp3) is 0.583.